The average Bonchev–Trinajstić information content (AvgIpc) is 2.92. The number of rotatable bonds is 11. The van der Waals surface area contributed by atoms with Crippen LogP contribution in [-0.4, -0.2) is 54.3 Å². The smallest absolute Gasteiger partial charge is 0.309 e. The van der Waals surface area contributed by atoms with Crippen molar-refractivity contribution in [3.05, 3.63) is 65.1 Å². The molecular formula is C28H31F4N3O4. The predicted molar refractivity (Wildman–Crippen MR) is 137 cm³/mol. The minimum atomic E-state index is -1.45. The second-order valence-electron chi connectivity index (χ2n) is 9.76. The molecule has 11 heteroatoms. The highest BCUT2D eigenvalue weighted by Gasteiger charge is 2.42. The van der Waals surface area contributed by atoms with E-state index in [1.165, 1.54) is 7.11 Å². The number of aromatic nitrogens is 1. The van der Waals surface area contributed by atoms with Gasteiger partial charge in [-0.05, 0) is 62.5 Å². The third kappa shape index (κ3) is 6.25. The number of nitrogens with two attached hydrogens (primary N) is 1. The number of hydrogen-bond acceptors (Lipinski definition) is 6. The minimum absolute atomic E-state index is 0.0120. The number of piperidine rings is 1. The summed E-state index contributed by atoms with van der Waals surface area (Å²) in [5, 5.41) is 10.7. The number of likely N-dealkylation sites (tertiary alicyclic amines) is 1. The SMILES string of the molecule is COc1ccc2ncc(CN)c([C@@H](F)CCC3(C(=O)O)CCN(CCOc4c(F)cc(F)cc4F)CC3)c2c1. The fraction of sp³-hybridized carbons (Fsp3) is 0.429. The summed E-state index contributed by atoms with van der Waals surface area (Å²) >= 11 is 0. The van der Waals surface area contributed by atoms with E-state index < -0.39 is 40.8 Å². The number of nitrogens with zero attached hydrogens (tertiary/aromatic N) is 2. The quantitative estimate of drug-likeness (QED) is 0.319. The van der Waals surface area contributed by atoms with Gasteiger partial charge >= 0.3 is 5.97 Å². The molecule has 210 valence electrons. The van der Waals surface area contributed by atoms with Crippen molar-refractivity contribution in [3.8, 4) is 11.5 Å². The van der Waals surface area contributed by atoms with E-state index in [1.807, 2.05) is 4.90 Å². The third-order valence-corrected chi connectivity index (χ3v) is 7.49. The number of aliphatic carboxylic acids is 1. The van der Waals surface area contributed by atoms with Crippen molar-refractivity contribution in [3.63, 3.8) is 0 Å². The zero-order chi connectivity index (χ0) is 28.2. The molecule has 0 saturated carbocycles. The molecule has 2 aromatic carbocycles. The number of carboxylic acids is 1. The number of carboxylic acid groups (broad SMARTS) is 1. The largest absolute Gasteiger partial charge is 0.497 e. The molecule has 7 nitrogen and oxygen atoms in total. The molecule has 0 aliphatic carbocycles. The van der Waals surface area contributed by atoms with Gasteiger partial charge in [-0.3, -0.25) is 14.7 Å². The Morgan fingerprint density at radius 2 is 1.87 bits per heavy atom. The Morgan fingerprint density at radius 3 is 2.49 bits per heavy atom. The van der Waals surface area contributed by atoms with Gasteiger partial charge in [-0.2, -0.15) is 0 Å². The van der Waals surface area contributed by atoms with Crippen LogP contribution in [0.2, 0.25) is 0 Å². The van der Waals surface area contributed by atoms with Crippen molar-refractivity contribution >= 4 is 16.9 Å². The molecule has 1 aliphatic heterocycles. The second kappa shape index (κ2) is 12.2. The molecule has 1 aromatic heterocycles. The summed E-state index contributed by atoms with van der Waals surface area (Å²) in [6, 6.07) is 6.27. The zero-order valence-corrected chi connectivity index (χ0v) is 21.6. The van der Waals surface area contributed by atoms with Gasteiger partial charge in [-0.25, -0.2) is 17.6 Å². The standard InChI is InChI=1S/C28H31F4N3O4/c1-38-19-2-3-24-20(14-19)25(17(15-33)16-34-24)21(30)4-5-28(27(36)37)6-8-35(9-7-28)10-11-39-26-22(31)12-18(29)13-23(26)32/h2-3,12-14,16,21H,4-11,15,33H2,1H3,(H,36,37)/t21-/m0/s1. The summed E-state index contributed by atoms with van der Waals surface area (Å²) in [4.78, 5) is 18.6. The second-order valence-corrected chi connectivity index (χ2v) is 9.76. The van der Waals surface area contributed by atoms with Crippen molar-refractivity contribution in [1.29, 1.82) is 0 Å². The molecule has 1 saturated heterocycles. The fourth-order valence-electron chi connectivity index (χ4n) is 5.16. The van der Waals surface area contributed by atoms with Gasteiger partial charge in [0, 0.05) is 42.4 Å². The Bertz CT molecular complexity index is 1300. The first-order valence-corrected chi connectivity index (χ1v) is 12.7. The lowest BCUT2D eigenvalue weighted by Gasteiger charge is -2.39. The zero-order valence-electron chi connectivity index (χ0n) is 21.6. The summed E-state index contributed by atoms with van der Waals surface area (Å²) in [5.41, 5.74) is 6.31. The molecule has 1 aliphatic rings. The van der Waals surface area contributed by atoms with Crippen LogP contribution in [0.4, 0.5) is 17.6 Å². The molecular weight excluding hydrogens is 518 g/mol. The molecule has 0 radical (unpaired) electrons. The maximum atomic E-state index is 15.8. The van der Waals surface area contributed by atoms with E-state index in [0.717, 1.165) is 0 Å². The highest BCUT2D eigenvalue weighted by Crippen LogP contribution is 2.41. The number of benzene rings is 2. The molecule has 1 fully saturated rings. The first kappa shape index (κ1) is 28.6. The van der Waals surface area contributed by atoms with E-state index in [9.17, 15) is 23.1 Å². The van der Waals surface area contributed by atoms with Crippen LogP contribution in [0.5, 0.6) is 11.5 Å². The van der Waals surface area contributed by atoms with Gasteiger partial charge < -0.3 is 20.3 Å². The monoisotopic (exact) mass is 549 g/mol. The molecule has 0 spiro atoms. The van der Waals surface area contributed by atoms with Crippen molar-refractivity contribution in [2.75, 3.05) is 33.4 Å². The number of alkyl halides is 1. The van der Waals surface area contributed by atoms with E-state index >= 15 is 4.39 Å². The Hall–Kier alpha value is -3.44. The molecule has 2 heterocycles. The first-order valence-electron chi connectivity index (χ1n) is 12.7. The van der Waals surface area contributed by atoms with Gasteiger partial charge in [0.25, 0.3) is 0 Å². The van der Waals surface area contributed by atoms with Crippen LogP contribution in [0.15, 0.2) is 36.5 Å². The molecule has 0 bridgehead atoms. The van der Waals surface area contributed by atoms with Crippen molar-refractivity contribution < 1.29 is 36.9 Å². The highest BCUT2D eigenvalue weighted by molar-refractivity contribution is 5.85. The lowest BCUT2D eigenvalue weighted by atomic mass is 9.74. The van der Waals surface area contributed by atoms with Crippen molar-refractivity contribution in [1.82, 2.24) is 9.88 Å². The lowest BCUT2D eigenvalue weighted by molar-refractivity contribution is -0.153. The molecule has 3 aromatic rings. The van der Waals surface area contributed by atoms with Crippen LogP contribution in [0.3, 0.4) is 0 Å². The van der Waals surface area contributed by atoms with E-state index in [-0.39, 0.29) is 38.8 Å². The van der Waals surface area contributed by atoms with E-state index in [0.29, 0.717) is 59.5 Å². The highest BCUT2D eigenvalue weighted by atomic mass is 19.1. The Labute approximate surface area is 223 Å². The lowest BCUT2D eigenvalue weighted by Crippen LogP contribution is -2.45. The number of methoxy groups -OCH3 is 1. The number of fused-ring (bicyclic) bond motifs is 1. The van der Waals surface area contributed by atoms with Crippen LogP contribution in [0, 0.1) is 22.9 Å². The minimum Gasteiger partial charge on any atom is -0.497 e. The Morgan fingerprint density at radius 1 is 1.18 bits per heavy atom. The van der Waals surface area contributed by atoms with Crippen molar-refractivity contribution in [2.45, 2.75) is 38.4 Å². The molecule has 0 unspecified atom stereocenters. The van der Waals surface area contributed by atoms with Crippen LogP contribution in [0.1, 0.15) is 43.0 Å². The molecule has 39 heavy (non-hydrogen) atoms. The summed E-state index contributed by atoms with van der Waals surface area (Å²) in [6.45, 7) is 1.10. The molecule has 4 rings (SSSR count). The van der Waals surface area contributed by atoms with E-state index in [1.54, 1.807) is 24.4 Å². The normalized spacial score (nSPS) is 16.3. The van der Waals surface area contributed by atoms with Gasteiger partial charge in [0.2, 0.25) is 0 Å². The number of halogens is 4. The summed E-state index contributed by atoms with van der Waals surface area (Å²) < 4.78 is 66.9. The van der Waals surface area contributed by atoms with Crippen molar-refractivity contribution in [2.24, 2.45) is 11.1 Å². The summed E-state index contributed by atoms with van der Waals surface area (Å²) in [7, 11) is 1.52. The number of carbonyl (C=O) groups is 1. The number of hydrogen-bond donors (Lipinski definition) is 2. The average molecular weight is 550 g/mol. The van der Waals surface area contributed by atoms with Crippen LogP contribution >= 0.6 is 0 Å². The third-order valence-electron chi connectivity index (χ3n) is 7.49. The summed E-state index contributed by atoms with van der Waals surface area (Å²) in [5.74, 6) is -4.38. The van der Waals surface area contributed by atoms with Crippen LogP contribution < -0.4 is 15.2 Å². The maximum absolute atomic E-state index is 15.8. The first-order chi connectivity index (χ1) is 18.7. The number of ether oxygens (including phenoxy) is 2. The van der Waals surface area contributed by atoms with Gasteiger partial charge in [-0.15, -0.1) is 0 Å². The van der Waals surface area contributed by atoms with E-state index in [2.05, 4.69) is 4.98 Å². The van der Waals surface area contributed by atoms with Gasteiger partial charge in [-0.1, -0.05) is 0 Å². The molecule has 0 amide bonds. The predicted octanol–water partition coefficient (Wildman–Crippen LogP) is 5.16. The maximum Gasteiger partial charge on any atom is 0.309 e. The topological polar surface area (TPSA) is 97.9 Å². The summed E-state index contributed by atoms with van der Waals surface area (Å²) in [6.07, 6.45) is 0.767. The van der Waals surface area contributed by atoms with Crippen LogP contribution in [0.25, 0.3) is 10.9 Å². The number of pyridine rings is 1. The molecule has 1 atom stereocenters. The van der Waals surface area contributed by atoms with Crippen LogP contribution in [-0.2, 0) is 11.3 Å². The van der Waals surface area contributed by atoms with Gasteiger partial charge in [0.15, 0.2) is 17.4 Å². The Balaban J connectivity index is 1.39. The molecule has 3 N–H and O–H groups in total. The Kier molecular flexibility index (Phi) is 8.91. The van der Waals surface area contributed by atoms with Gasteiger partial charge in [0.05, 0.1) is 18.0 Å². The fourth-order valence-corrected chi connectivity index (χ4v) is 5.16. The van der Waals surface area contributed by atoms with Gasteiger partial charge in [0.1, 0.15) is 24.3 Å². The van der Waals surface area contributed by atoms with E-state index in [4.69, 9.17) is 15.2 Å².